The number of hydrogen-bond acceptors (Lipinski definition) is 5. The number of piperidine rings is 1. The van der Waals surface area contributed by atoms with Crippen LogP contribution in [0.2, 0.25) is 0 Å². The van der Waals surface area contributed by atoms with Crippen molar-refractivity contribution >= 4 is 28.8 Å². The summed E-state index contributed by atoms with van der Waals surface area (Å²) in [5.74, 6) is 0.561. The smallest absolute Gasteiger partial charge is 0.264 e. The van der Waals surface area contributed by atoms with Crippen LogP contribution in [0.5, 0.6) is 5.75 Å². The topological polar surface area (TPSA) is 67.9 Å². The Morgan fingerprint density at radius 1 is 1.14 bits per heavy atom. The average Bonchev–Trinajstić information content (AvgIpc) is 3.47. The van der Waals surface area contributed by atoms with E-state index in [0.29, 0.717) is 30.1 Å². The zero-order valence-corrected chi connectivity index (χ0v) is 17.2. The Labute approximate surface area is 174 Å². The molecule has 0 bridgehead atoms. The molecule has 4 rings (SSSR count). The summed E-state index contributed by atoms with van der Waals surface area (Å²) in [7, 11) is 0. The van der Waals surface area contributed by atoms with Crippen LogP contribution >= 0.6 is 11.3 Å². The Morgan fingerprint density at radius 3 is 2.72 bits per heavy atom. The molecule has 1 aromatic heterocycles. The van der Waals surface area contributed by atoms with Gasteiger partial charge in [-0.1, -0.05) is 6.07 Å². The minimum Gasteiger partial charge on any atom is -0.491 e. The number of benzene rings is 1. The third kappa shape index (κ3) is 4.97. The molecule has 2 unspecified atom stereocenters. The van der Waals surface area contributed by atoms with Crippen LogP contribution in [0.15, 0.2) is 41.8 Å². The van der Waals surface area contributed by atoms with Crippen molar-refractivity contribution in [3.8, 4) is 5.75 Å². The summed E-state index contributed by atoms with van der Waals surface area (Å²) < 4.78 is 11.3. The molecule has 2 aromatic rings. The molecule has 2 atom stereocenters. The zero-order valence-electron chi connectivity index (χ0n) is 16.3. The van der Waals surface area contributed by atoms with Crippen molar-refractivity contribution in [3.05, 3.63) is 46.7 Å². The van der Waals surface area contributed by atoms with Gasteiger partial charge in [0, 0.05) is 18.8 Å². The predicted molar refractivity (Wildman–Crippen MR) is 113 cm³/mol. The van der Waals surface area contributed by atoms with Gasteiger partial charge in [0.1, 0.15) is 18.4 Å². The van der Waals surface area contributed by atoms with E-state index in [1.54, 1.807) is 4.90 Å². The van der Waals surface area contributed by atoms with Gasteiger partial charge in [-0.2, -0.15) is 0 Å². The molecule has 2 amide bonds. The van der Waals surface area contributed by atoms with E-state index in [1.165, 1.54) is 11.3 Å². The van der Waals surface area contributed by atoms with Gasteiger partial charge in [0.2, 0.25) is 5.91 Å². The molecule has 2 saturated heterocycles. The van der Waals surface area contributed by atoms with Crippen LogP contribution in [0.3, 0.4) is 0 Å². The number of amides is 2. The van der Waals surface area contributed by atoms with Crippen LogP contribution in [0.25, 0.3) is 0 Å². The molecule has 0 aliphatic carbocycles. The molecule has 154 valence electrons. The van der Waals surface area contributed by atoms with E-state index in [1.807, 2.05) is 41.8 Å². The molecular weight excluding hydrogens is 388 g/mol. The highest BCUT2D eigenvalue weighted by Crippen LogP contribution is 2.24. The summed E-state index contributed by atoms with van der Waals surface area (Å²) >= 11 is 1.41. The third-order valence-corrected chi connectivity index (χ3v) is 6.24. The first kappa shape index (κ1) is 19.9. The summed E-state index contributed by atoms with van der Waals surface area (Å²) in [6.45, 7) is 1.98. The second kappa shape index (κ2) is 9.41. The summed E-state index contributed by atoms with van der Waals surface area (Å²) in [4.78, 5) is 28.1. The number of likely N-dealkylation sites (tertiary alicyclic amines) is 1. The molecule has 7 heteroatoms. The predicted octanol–water partition coefficient (Wildman–Crippen LogP) is 3.94. The van der Waals surface area contributed by atoms with Crippen LogP contribution < -0.4 is 10.1 Å². The maximum Gasteiger partial charge on any atom is 0.264 e. The lowest BCUT2D eigenvalue weighted by Gasteiger charge is -2.34. The molecule has 6 nitrogen and oxygen atoms in total. The molecule has 29 heavy (non-hydrogen) atoms. The van der Waals surface area contributed by atoms with E-state index in [4.69, 9.17) is 9.47 Å². The normalized spacial score (nSPS) is 21.7. The zero-order chi connectivity index (χ0) is 20.1. The Kier molecular flexibility index (Phi) is 6.46. The largest absolute Gasteiger partial charge is 0.491 e. The minimum absolute atomic E-state index is 0.0577. The van der Waals surface area contributed by atoms with Gasteiger partial charge in [-0.15, -0.1) is 11.3 Å². The number of rotatable bonds is 6. The van der Waals surface area contributed by atoms with Gasteiger partial charge in [0.05, 0.1) is 11.0 Å². The highest BCUT2D eigenvalue weighted by molar-refractivity contribution is 7.12. The Morgan fingerprint density at radius 2 is 2.00 bits per heavy atom. The highest BCUT2D eigenvalue weighted by atomic mass is 32.1. The van der Waals surface area contributed by atoms with Crippen LogP contribution in [0, 0.1) is 0 Å². The van der Waals surface area contributed by atoms with Gasteiger partial charge >= 0.3 is 0 Å². The molecule has 0 radical (unpaired) electrons. The lowest BCUT2D eigenvalue weighted by molar-refractivity contribution is -0.121. The van der Waals surface area contributed by atoms with E-state index in [9.17, 15) is 9.59 Å². The number of carbonyl (C=O) groups is 2. The number of thiophene rings is 1. The van der Waals surface area contributed by atoms with Gasteiger partial charge in [-0.3, -0.25) is 9.59 Å². The maximum absolute atomic E-state index is 12.9. The summed E-state index contributed by atoms with van der Waals surface area (Å²) in [5, 5.41) is 4.84. The van der Waals surface area contributed by atoms with Crippen LogP contribution in [-0.2, 0) is 9.53 Å². The number of hydrogen-bond donors (Lipinski definition) is 1. The first-order valence-corrected chi connectivity index (χ1v) is 11.1. The second-order valence-electron chi connectivity index (χ2n) is 7.45. The lowest BCUT2D eigenvalue weighted by atomic mass is 10.0. The number of carbonyl (C=O) groups excluding carboxylic acids is 2. The minimum atomic E-state index is -0.436. The molecule has 1 aromatic carbocycles. The van der Waals surface area contributed by atoms with E-state index in [-0.39, 0.29) is 17.9 Å². The molecule has 1 N–H and O–H groups in total. The Bertz CT molecular complexity index is 816. The van der Waals surface area contributed by atoms with Crippen LogP contribution in [0.1, 0.15) is 41.8 Å². The third-order valence-electron chi connectivity index (χ3n) is 5.38. The molecule has 2 aliphatic heterocycles. The number of ether oxygens (including phenoxy) is 2. The van der Waals surface area contributed by atoms with Crippen molar-refractivity contribution in [2.45, 2.75) is 44.2 Å². The first-order chi connectivity index (χ1) is 14.2. The maximum atomic E-state index is 12.9. The quantitative estimate of drug-likeness (QED) is 0.777. The monoisotopic (exact) mass is 414 g/mol. The van der Waals surface area contributed by atoms with E-state index in [0.717, 1.165) is 38.0 Å². The average molecular weight is 415 g/mol. The lowest BCUT2D eigenvalue weighted by Crippen LogP contribution is -2.49. The number of nitrogens with one attached hydrogen (secondary N) is 1. The van der Waals surface area contributed by atoms with Gasteiger partial charge in [0.25, 0.3) is 5.91 Å². The highest BCUT2D eigenvalue weighted by Gasteiger charge is 2.33. The Hall–Kier alpha value is -2.38. The van der Waals surface area contributed by atoms with Crippen molar-refractivity contribution in [2.24, 2.45) is 0 Å². The summed E-state index contributed by atoms with van der Waals surface area (Å²) in [6.07, 6.45) is 4.86. The van der Waals surface area contributed by atoms with Gasteiger partial charge in [-0.25, -0.2) is 0 Å². The fraction of sp³-hybridized carbons (Fsp3) is 0.455. The van der Waals surface area contributed by atoms with E-state index < -0.39 is 6.04 Å². The SMILES string of the molecule is O=C(Nc1ccc(OCC2CCCO2)cc1)C1CCCCN1C(=O)c1cccs1. The van der Waals surface area contributed by atoms with Crippen molar-refractivity contribution < 1.29 is 19.1 Å². The van der Waals surface area contributed by atoms with E-state index >= 15 is 0 Å². The molecule has 0 spiro atoms. The van der Waals surface area contributed by atoms with Crippen molar-refractivity contribution in [2.75, 3.05) is 25.1 Å². The summed E-state index contributed by atoms with van der Waals surface area (Å²) in [6, 6.07) is 10.6. The summed E-state index contributed by atoms with van der Waals surface area (Å²) in [5.41, 5.74) is 0.702. The fourth-order valence-corrected chi connectivity index (χ4v) is 4.49. The number of anilines is 1. The van der Waals surface area contributed by atoms with Crippen molar-refractivity contribution in [3.63, 3.8) is 0 Å². The van der Waals surface area contributed by atoms with Gasteiger partial charge in [-0.05, 0) is 67.8 Å². The van der Waals surface area contributed by atoms with Crippen LogP contribution in [0.4, 0.5) is 5.69 Å². The van der Waals surface area contributed by atoms with Crippen molar-refractivity contribution in [1.29, 1.82) is 0 Å². The molecular formula is C22H26N2O4S. The Balaban J connectivity index is 1.35. The van der Waals surface area contributed by atoms with Gasteiger partial charge in [0.15, 0.2) is 0 Å². The van der Waals surface area contributed by atoms with Crippen molar-refractivity contribution in [1.82, 2.24) is 4.90 Å². The standard InChI is InChI=1S/C22H26N2O4S/c25-21(19-6-1-2-12-24(19)22(26)20-7-4-14-29-20)23-16-8-10-17(11-9-16)28-15-18-5-3-13-27-18/h4,7-11,14,18-19H,1-3,5-6,12-13,15H2,(H,23,25). The molecule has 0 saturated carbocycles. The molecule has 3 heterocycles. The van der Waals surface area contributed by atoms with E-state index in [2.05, 4.69) is 5.32 Å². The number of nitrogens with zero attached hydrogens (tertiary/aromatic N) is 1. The van der Waals surface area contributed by atoms with Gasteiger partial charge < -0.3 is 19.7 Å². The first-order valence-electron chi connectivity index (χ1n) is 10.2. The fourth-order valence-electron chi connectivity index (χ4n) is 3.81. The van der Waals surface area contributed by atoms with Crippen LogP contribution in [-0.4, -0.2) is 48.6 Å². The second-order valence-corrected chi connectivity index (χ2v) is 8.39. The molecule has 2 aliphatic rings. The molecule has 2 fully saturated rings.